The van der Waals surface area contributed by atoms with Gasteiger partial charge in [-0.1, -0.05) is 37.3 Å². The molecule has 0 bridgehead atoms. The van der Waals surface area contributed by atoms with Crippen molar-refractivity contribution in [3.05, 3.63) is 83.9 Å². The Kier molecular flexibility index (Phi) is 5.45. The minimum Gasteiger partial charge on any atom is -0.399 e. The number of carbonyl (C=O) groups excluding carboxylic acids is 2. The quantitative estimate of drug-likeness (QED) is 0.423. The molecule has 156 valence electrons. The Morgan fingerprint density at radius 3 is 2.42 bits per heavy atom. The number of rotatable bonds is 5. The SMILES string of the molecule is CCC(=O)N(C)c1ccc(NC(=C2C(=O)Nc3ccc(N)cc32)c2ccccc2)cc1. The summed E-state index contributed by atoms with van der Waals surface area (Å²) in [6.45, 7) is 1.84. The molecule has 0 aromatic heterocycles. The number of fused-ring (bicyclic) bond motifs is 1. The van der Waals surface area contributed by atoms with Crippen LogP contribution in [0.5, 0.6) is 0 Å². The van der Waals surface area contributed by atoms with Crippen LogP contribution in [-0.4, -0.2) is 18.9 Å². The standard InChI is InChI=1S/C25H24N4O2/c1-3-22(30)29(2)19-12-10-18(11-13-19)27-24(16-7-5-4-6-8-16)23-20-15-17(26)9-14-21(20)28-25(23)31/h4-15,27H,3,26H2,1-2H3,(H,28,31). The molecule has 0 fully saturated rings. The van der Waals surface area contributed by atoms with E-state index in [9.17, 15) is 9.59 Å². The third-order valence-corrected chi connectivity index (χ3v) is 5.30. The molecule has 31 heavy (non-hydrogen) atoms. The molecule has 0 radical (unpaired) electrons. The summed E-state index contributed by atoms with van der Waals surface area (Å²) in [4.78, 5) is 26.5. The molecule has 0 saturated heterocycles. The fourth-order valence-electron chi connectivity index (χ4n) is 3.61. The van der Waals surface area contributed by atoms with E-state index in [2.05, 4.69) is 10.6 Å². The average Bonchev–Trinajstić information content (AvgIpc) is 3.12. The second kappa shape index (κ2) is 8.36. The number of nitrogen functional groups attached to an aromatic ring is 1. The molecular formula is C25H24N4O2. The van der Waals surface area contributed by atoms with Crippen LogP contribution >= 0.6 is 0 Å². The van der Waals surface area contributed by atoms with Gasteiger partial charge < -0.3 is 21.3 Å². The largest absolute Gasteiger partial charge is 0.399 e. The zero-order valence-corrected chi connectivity index (χ0v) is 17.5. The number of nitrogens with two attached hydrogens (primary N) is 1. The Balaban J connectivity index is 1.77. The van der Waals surface area contributed by atoms with E-state index in [1.807, 2.05) is 73.7 Å². The Hall–Kier alpha value is -4.06. The van der Waals surface area contributed by atoms with E-state index in [1.54, 1.807) is 18.0 Å². The normalized spacial score (nSPS) is 13.9. The second-order valence-corrected chi connectivity index (χ2v) is 7.35. The first-order valence-corrected chi connectivity index (χ1v) is 10.1. The lowest BCUT2D eigenvalue weighted by atomic mass is 9.99. The first-order chi connectivity index (χ1) is 15.0. The predicted octanol–water partition coefficient (Wildman–Crippen LogP) is 4.57. The van der Waals surface area contributed by atoms with Crippen molar-refractivity contribution >= 4 is 45.8 Å². The number of nitrogens with one attached hydrogen (secondary N) is 2. The van der Waals surface area contributed by atoms with Crippen molar-refractivity contribution in [2.45, 2.75) is 13.3 Å². The van der Waals surface area contributed by atoms with Crippen molar-refractivity contribution in [1.29, 1.82) is 0 Å². The van der Waals surface area contributed by atoms with Gasteiger partial charge in [0.05, 0.1) is 11.3 Å². The number of nitrogens with zero attached hydrogens (tertiary/aromatic N) is 1. The van der Waals surface area contributed by atoms with Crippen LogP contribution < -0.4 is 21.3 Å². The monoisotopic (exact) mass is 412 g/mol. The molecule has 6 heteroatoms. The smallest absolute Gasteiger partial charge is 0.258 e. The summed E-state index contributed by atoms with van der Waals surface area (Å²) in [7, 11) is 1.76. The predicted molar refractivity (Wildman–Crippen MR) is 127 cm³/mol. The first kappa shape index (κ1) is 20.2. The van der Waals surface area contributed by atoms with E-state index in [1.165, 1.54) is 0 Å². The van der Waals surface area contributed by atoms with Gasteiger partial charge >= 0.3 is 0 Å². The third-order valence-electron chi connectivity index (χ3n) is 5.30. The van der Waals surface area contributed by atoms with Crippen molar-refractivity contribution in [2.75, 3.05) is 28.3 Å². The Bertz CT molecular complexity index is 1170. The summed E-state index contributed by atoms with van der Waals surface area (Å²) in [5.74, 6) is -0.138. The first-order valence-electron chi connectivity index (χ1n) is 10.1. The van der Waals surface area contributed by atoms with Gasteiger partial charge in [-0.3, -0.25) is 9.59 Å². The number of hydrogen-bond acceptors (Lipinski definition) is 4. The van der Waals surface area contributed by atoms with Crippen LogP contribution in [0.2, 0.25) is 0 Å². The van der Waals surface area contributed by atoms with Crippen molar-refractivity contribution in [1.82, 2.24) is 0 Å². The summed E-state index contributed by atoms with van der Waals surface area (Å²) < 4.78 is 0. The van der Waals surface area contributed by atoms with Crippen LogP contribution in [-0.2, 0) is 9.59 Å². The van der Waals surface area contributed by atoms with E-state index < -0.39 is 0 Å². The highest BCUT2D eigenvalue weighted by Crippen LogP contribution is 2.38. The molecule has 4 rings (SSSR count). The maximum absolute atomic E-state index is 12.9. The molecule has 0 aliphatic carbocycles. The zero-order valence-electron chi connectivity index (χ0n) is 17.5. The molecule has 1 heterocycles. The maximum Gasteiger partial charge on any atom is 0.258 e. The van der Waals surface area contributed by atoms with Crippen LogP contribution in [0.4, 0.5) is 22.7 Å². The maximum atomic E-state index is 12.9. The van der Waals surface area contributed by atoms with Gasteiger partial charge in [0.2, 0.25) is 5.91 Å². The fourth-order valence-corrected chi connectivity index (χ4v) is 3.61. The molecule has 4 N–H and O–H groups in total. The summed E-state index contributed by atoms with van der Waals surface area (Å²) in [5.41, 5.74) is 11.8. The summed E-state index contributed by atoms with van der Waals surface area (Å²) in [6.07, 6.45) is 0.443. The fraction of sp³-hybridized carbons (Fsp3) is 0.120. The number of amides is 2. The lowest BCUT2D eigenvalue weighted by Crippen LogP contribution is -2.24. The molecule has 3 aromatic rings. The van der Waals surface area contributed by atoms with Gasteiger partial charge in [0.1, 0.15) is 0 Å². The van der Waals surface area contributed by atoms with Crippen LogP contribution in [0.25, 0.3) is 11.3 Å². The number of hydrogen-bond donors (Lipinski definition) is 3. The molecule has 0 unspecified atom stereocenters. The van der Waals surface area contributed by atoms with E-state index in [-0.39, 0.29) is 11.8 Å². The Labute approximate surface area is 181 Å². The highest BCUT2D eigenvalue weighted by molar-refractivity contribution is 6.37. The highest BCUT2D eigenvalue weighted by Gasteiger charge is 2.28. The molecule has 1 aliphatic rings. The van der Waals surface area contributed by atoms with E-state index in [0.29, 0.717) is 23.4 Å². The lowest BCUT2D eigenvalue weighted by Gasteiger charge is -2.18. The van der Waals surface area contributed by atoms with Gasteiger partial charge in [-0.25, -0.2) is 0 Å². The second-order valence-electron chi connectivity index (χ2n) is 7.35. The molecular weight excluding hydrogens is 388 g/mol. The highest BCUT2D eigenvalue weighted by atomic mass is 16.2. The Morgan fingerprint density at radius 2 is 1.74 bits per heavy atom. The van der Waals surface area contributed by atoms with Gasteiger partial charge in [-0.05, 0) is 48.0 Å². The van der Waals surface area contributed by atoms with Gasteiger partial charge in [0.15, 0.2) is 0 Å². The molecule has 6 nitrogen and oxygen atoms in total. The summed E-state index contributed by atoms with van der Waals surface area (Å²) in [6, 6.07) is 22.6. The van der Waals surface area contributed by atoms with Gasteiger partial charge in [-0.15, -0.1) is 0 Å². The molecule has 0 saturated carbocycles. The van der Waals surface area contributed by atoms with Crippen molar-refractivity contribution in [3.8, 4) is 0 Å². The van der Waals surface area contributed by atoms with E-state index in [4.69, 9.17) is 5.73 Å². The molecule has 2 amide bonds. The Morgan fingerprint density at radius 1 is 1.03 bits per heavy atom. The number of benzene rings is 3. The van der Waals surface area contributed by atoms with Crippen LogP contribution in [0.3, 0.4) is 0 Å². The molecule has 0 atom stereocenters. The van der Waals surface area contributed by atoms with Crippen molar-refractivity contribution in [3.63, 3.8) is 0 Å². The molecule has 3 aromatic carbocycles. The summed E-state index contributed by atoms with van der Waals surface area (Å²) >= 11 is 0. The van der Waals surface area contributed by atoms with E-state index >= 15 is 0 Å². The summed E-state index contributed by atoms with van der Waals surface area (Å²) in [5, 5.41) is 6.33. The van der Waals surface area contributed by atoms with Crippen molar-refractivity contribution < 1.29 is 9.59 Å². The topological polar surface area (TPSA) is 87.5 Å². The minimum absolute atomic E-state index is 0.0459. The molecule has 0 spiro atoms. The van der Waals surface area contributed by atoms with Gasteiger partial charge in [-0.2, -0.15) is 0 Å². The molecule has 1 aliphatic heterocycles. The lowest BCUT2D eigenvalue weighted by molar-refractivity contribution is -0.118. The van der Waals surface area contributed by atoms with Gasteiger partial charge in [0.25, 0.3) is 5.91 Å². The minimum atomic E-state index is -0.183. The van der Waals surface area contributed by atoms with E-state index in [0.717, 1.165) is 28.2 Å². The van der Waals surface area contributed by atoms with Gasteiger partial charge in [0, 0.05) is 41.8 Å². The average molecular weight is 412 g/mol. The number of anilines is 4. The van der Waals surface area contributed by atoms with Crippen LogP contribution in [0.1, 0.15) is 24.5 Å². The third kappa shape index (κ3) is 4.00. The van der Waals surface area contributed by atoms with Crippen LogP contribution in [0, 0.1) is 0 Å². The number of carbonyl (C=O) groups is 2. The van der Waals surface area contributed by atoms with Crippen LogP contribution in [0.15, 0.2) is 72.8 Å². The van der Waals surface area contributed by atoms with Crippen molar-refractivity contribution in [2.24, 2.45) is 0 Å². The zero-order chi connectivity index (χ0) is 22.0.